The van der Waals surface area contributed by atoms with Crippen molar-refractivity contribution in [3.05, 3.63) is 24.3 Å². The molecule has 0 bridgehead atoms. The molecular weight excluding hydrogens is 336 g/mol. The van der Waals surface area contributed by atoms with Gasteiger partial charge in [0.2, 0.25) is 0 Å². The lowest BCUT2D eigenvalue weighted by Gasteiger charge is -2.36. The van der Waals surface area contributed by atoms with Crippen LogP contribution in [0.25, 0.3) is 0 Å². The Hall–Kier alpha value is -1.21. The highest BCUT2D eigenvalue weighted by Crippen LogP contribution is 2.29. The zero-order valence-electron chi connectivity index (χ0n) is 15.7. The molecule has 0 radical (unpaired) electrons. The molecule has 150 valence electrons. The van der Waals surface area contributed by atoms with E-state index < -0.39 is 30.6 Å². The van der Waals surface area contributed by atoms with E-state index in [0.29, 0.717) is 25.7 Å². The zero-order chi connectivity index (χ0) is 19.4. The van der Waals surface area contributed by atoms with Crippen molar-refractivity contribution < 1.29 is 30.0 Å². The summed E-state index contributed by atoms with van der Waals surface area (Å²) in [6.07, 6.45) is 10.5. The molecule has 0 spiro atoms. The van der Waals surface area contributed by atoms with E-state index in [2.05, 4.69) is 6.92 Å². The van der Waals surface area contributed by atoms with Crippen molar-refractivity contribution in [1.29, 1.82) is 0 Å². The molecule has 1 rings (SSSR count). The van der Waals surface area contributed by atoms with Gasteiger partial charge in [-0.05, 0) is 25.7 Å². The number of ether oxygens (including phenoxy) is 1. The van der Waals surface area contributed by atoms with Gasteiger partial charge in [-0.25, -0.2) is 0 Å². The Morgan fingerprint density at radius 2 is 2.00 bits per heavy atom. The summed E-state index contributed by atoms with van der Waals surface area (Å²) in [4.78, 5) is 10.5. The van der Waals surface area contributed by atoms with Crippen LogP contribution in [-0.2, 0) is 9.53 Å². The van der Waals surface area contributed by atoms with Crippen molar-refractivity contribution in [3.8, 4) is 0 Å². The molecule has 0 saturated carbocycles. The summed E-state index contributed by atoms with van der Waals surface area (Å²) in [6, 6.07) is 0. The highest BCUT2D eigenvalue weighted by molar-refractivity contribution is 5.66. The predicted molar refractivity (Wildman–Crippen MR) is 99.5 cm³/mol. The van der Waals surface area contributed by atoms with E-state index in [1.54, 1.807) is 12.2 Å². The largest absolute Gasteiger partial charge is 0.481 e. The van der Waals surface area contributed by atoms with Crippen LogP contribution in [0.1, 0.15) is 64.7 Å². The smallest absolute Gasteiger partial charge is 0.303 e. The molecule has 6 nitrogen and oxygen atoms in total. The van der Waals surface area contributed by atoms with Crippen LogP contribution >= 0.6 is 0 Å². The van der Waals surface area contributed by atoms with Crippen LogP contribution in [0, 0.1) is 5.92 Å². The molecular formula is C20H34O6. The number of aliphatic hydroxyl groups is 3. The lowest BCUT2D eigenvalue weighted by atomic mass is 9.87. The van der Waals surface area contributed by atoms with Crippen LogP contribution in [0.4, 0.5) is 0 Å². The number of hydrogen-bond donors (Lipinski definition) is 4. The molecule has 6 heteroatoms. The maximum absolute atomic E-state index is 10.5. The van der Waals surface area contributed by atoms with Crippen molar-refractivity contribution in [2.75, 3.05) is 0 Å². The van der Waals surface area contributed by atoms with E-state index in [4.69, 9.17) is 9.84 Å². The van der Waals surface area contributed by atoms with Crippen LogP contribution in [-0.4, -0.2) is 51.0 Å². The molecule has 0 aliphatic carbocycles. The SMILES string of the molecule is CCCCC[C@H](O)/C=C/[C@H]1O[C@@H](O)C[C@@H](O)[C@@H]1C/C=C\CCCC(=O)O. The monoisotopic (exact) mass is 370 g/mol. The Labute approximate surface area is 156 Å². The number of carbonyl (C=O) groups is 1. The van der Waals surface area contributed by atoms with Crippen LogP contribution in [0.2, 0.25) is 0 Å². The van der Waals surface area contributed by atoms with Crippen LogP contribution in [0.15, 0.2) is 24.3 Å². The normalized spacial score (nSPS) is 28.0. The standard InChI is InChI=1S/C20H34O6/c1-2-3-6-9-15(21)12-13-18-16(17(22)14-20(25)26-18)10-7-4-5-8-11-19(23)24/h4,7,12-13,15-18,20-22,25H,2-3,5-6,8-11,14H2,1H3,(H,23,24)/b7-4-,13-12+/t15-,16-,17+,18+,20+/m0/s1. The van der Waals surface area contributed by atoms with Gasteiger partial charge in [0, 0.05) is 18.8 Å². The van der Waals surface area contributed by atoms with Crippen LogP contribution in [0.3, 0.4) is 0 Å². The predicted octanol–water partition coefficient (Wildman–Crippen LogP) is 2.77. The van der Waals surface area contributed by atoms with E-state index in [0.717, 1.165) is 19.3 Å². The zero-order valence-corrected chi connectivity index (χ0v) is 15.7. The Morgan fingerprint density at radius 1 is 1.23 bits per heavy atom. The maximum Gasteiger partial charge on any atom is 0.303 e. The summed E-state index contributed by atoms with van der Waals surface area (Å²) in [7, 11) is 0. The van der Waals surface area contributed by atoms with Crippen LogP contribution < -0.4 is 0 Å². The molecule has 1 fully saturated rings. The number of carboxylic acids is 1. The third-order valence-corrected chi connectivity index (χ3v) is 4.64. The first-order valence-corrected chi connectivity index (χ1v) is 9.68. The lowest BCUT2D eigenvalue weighted by Crippen LogP contribution is -2.43. The molecule has 1 aliphatic heterocycles. The number of aliphatic hydroxyl groups excluding tert-OH is 3. The molecule has 0 unspecified atom stereocenters. The van der Waals surface area contributed by atoms with E-state index >= 15 is 0 Å². The number of aliphatic carboxylic acids is 1. The number of hydrogen-bond acceptors (Lipinski definition) is 5. The average molecular weight is 370 g/mol. The van der Waals surface area contributed by atoms with E-state index in [-0.39, 0.29) is 18.8 Å². The van der Waals surface area contributed by atoms with Gasteiger partial charge in [-0.1, -0.05) is 50.5 Å². The second-order valence-corrected chi connectivity index (χ2v) is 6.96. The third kappa shape index (κ3) is 9.48. The minimum Gasteiger partial charge on any atom is -0.481 e. The minimum atomic E-state index is -1.01. The second kappa shape index (κ2) is 13.0. The van der Waals surface area contributed by atoms with Gasteiger partial charge in [-0.3, -0.25) is 4.79 Å². The average Bonchev–Trinajstić information content (AvgIpc) is 2.57. The Bertz CT molecular complexity index is 448. The quantitative estimate of drug-likeness (QED) is 0.311. The molecule has 0 amide bonds. The van der Waals surface area contributed by atoms with Crippen molar-refractivity contribution >= 4 is 5.97 Å². The number of carboxylic acid groups (broad SMARTS) is 1. The maximum atomic E-state index is 10.5. The fraction of sp³-hybridized carbons (Fsp3) is 0.750. The first-order valence-electron chi connectivity index (χ1n) is 9.68. The summed E-state index contributed by atoms with van der Waals surface area (Å²) in [5.74, 6) is -1.00. The summed E-state index contributed by atoms with van der Waals surface area (Å²) in [5.41, 5.74) is 0. The molecule has 1 saturated heterocycles. The third-order valence-electron chi connectivity index (χ3n) is 4.64. The fourth-order valence-corrected chi connectivity index (χ4v) is 3.10. The summed E-state index contributed by atoms with van der Waals surface area (Å²) >= 11 is 0. The van der Waals surface area contributed by atoms with Gasteiger partial charge in [-0.15, -0.1) is 0 Å². The van der Waals surface area contributed by atoms with Crippen molar-refractivity contribution in [3.63, 3.8) is 0 Å². The summed E-state index contributed by atoms with van der Waals surface area (Å²) < 4.78 is 5.54. The number of rotatable bonds is 12. The van der Waals surface area contributed by atoms with Gasteiger partial charge in [0.25, 0.3) is 0 Å². The summed E-state index contributed by atoms with van der Waals surface area (Å²) in [5, 5.41) is 38.7. The molecule has 0 aromatic carbocycles. The van der Waals surface area contributed by atoms with E-state index in [1.165, 1.54) is 0 Å². The van der Waals surface area contributed by atoms with Crippen molar-refractivity contribution in [2.24, 2.45) is 5.92 Å². The first kappa shape index (κ1) is 22.8. The van der Waals surface area contributed by atoms with Crippen molar-refractivity contribution in [2.45, 2.75) is 89.3 Å². The molecule has 4 N–H and O–H groups in total. The Kier molecular flexibility index (Phi) is 11.4. The van der Waals surface area contributed by atoms with Crippen LogP contribution in [0.5, 0.6) is 0 Å². The van der Waals surface area contributed by atoms with Crippen molar-refractivity contribution in [1.82, 2.24) is 0 Å². The van der Waals surface area contributed by atoms with Gasteiger partial charge in [-0.2, -0.15) is 0 Å². The fourth-order valence-electron chi connectivity index (χ4n) is 3.10. The summed E-state index contributed by atoms with van der Waals surface area (Å²) in [6.45, 7) is 2.11. The molecule has 5 atom stereocenters. The second-order valence-electron chi connectivity index (χ2n) is 6.96. The first-order chi connectivity index (χ1) is 12.4. The molecule has 1 heterocycles. The van der Waals surface area contributed by atoms with E-state index in [1.807, 2.05) is 12.2 Å². The Morgan fingerprint density at radius 3 is 2.69 bits per heavy atom. The minimum absolute atomic E-state index is 0.146. The molecule has 26 heavy (non-hydrogen) atoms. The lowest BCUT2D eigenvalue weighted by molar-refractivity contribution is -0.199. The van der Waals surface area contributed by atoms with Gasteiger partial charge >= 0.3 is 5.97 Å². The number of allylic oxidation sites excluding steroid dienone is 2. The highest BCUT2D eigenvalue weighted by atomic mass is 16.6. The van der Waals surface area contributed by atoms with E-state index in [9.17, 15) is 20.1 Å². The van der Waals surface area contributed by atoms with Gasteiger partial charge < -0.3 is 25.2 Å². The molecule has 0 aromatic heterocycles. The topological polar surface area (TPSA) is 107 Å². The van der Waals surface area contributed by atoms with Gasteiger partial charge in [0.1, 0.15) is 0 Å². The molecule has 0 aromatic rings. The van der Waals surface area contributed by atoms with Gasteiger partial charge in [0.05, 0.1) is 18.3 Å². The Balaban J connectivity index is 2.52. The molecule has 1 aliphatic rings. The highest BCUT2D eigenvalue weighted by Gasteiger charge is 2.35. The number of unbranched alkanes of at least 4 members (excludes halogenated alkanes) is 3. The van der Waals surface area contributed by atoms with Gasteiger partial charge in [0.15, 0.2) is 6.29 Å².